The zero-order chi connectivity index (χ0) is 13.1. The van der Waals surface area contributed by atoms with Crippen LogP contribution in [0.4, 0.5) is 0 Å². The van der Waals surface area contributed by atoms with Gasteiger partial charge in [-0.1, -0.05) is 42.5 Å². The summed E-state index contributed by atoms with van der Waals surface area (Å²) in [6.07, 6.45) is 0. The highest BCUT2D eigenvalue weighted by molar-refractivity contribution is 6.15. The SMILES string of the molecule is C=[NH+]/C(C(=O)c1cccc2ccccc12)=C(/C)N. The number of ketones is 1. The molecule has 0 amide bonds. The van der Waals surface area contributed by atoms with Crippen LogP contribution in [-0.4, -0.2) is 12.5 Å². The van der Waals surface area contributed by atoms with Crippen molar-refractivity contribution in [1.82, 2.24) is 0 Å². The smallest absolute Gasteiger partial charge is 0.270 e. The summed E-state index contributed by atoms with van der Waals surface area (Å²) in [5.41, 5.74) is 7.09. The van der Waals surface area contributed by atoms with Crippen molar-refractivity contribution in [2.75, 3.05) is 0 Å². The molecule has 0 aliphatic carbocycles. The number of fused-ring (bicyclic) bond motifs is 1. The minimum Gasteiger partial charge on any atom is -0.397 e. The lowest BCUT2D eigenvalue weighted by atomic mass is 9.99. The summed E-state index contributed by atoms with van der Waals surface area (Å²) in [7, 11) is 0. The lowest BCUT2D eigenvalue weighted by Gasteiger charge is -2.04. The lowest BCUT2D eigenvalue weighted by Crippen LogP contribution is -2.66. The second kappa shape index (κ2) is 4.84. The number of rotatable bonds is 3. The highest BCUT2D eigenvalue weighted by Crippen LogP contribution is 2.20. The first kappa shape index (κ1) is 12.0. The molecule has 0 radical (unpaired) electrons. The number of benzene rings is 2. The van der Waals surface area contributed by atoms with Gasteiger partial charge in [-0.05, 0) is 17.7 Å². The Bertz CT molecular complexity index is 647. The average molecular weight is 239 g/mol. The summed E-state index contributed by atoms with van der Waals surface area (Å²) < 4.78 is 0. The third-order valence-corrected chi connectivity index (χ3v) is 2.83. The van der Waals surface area contributed by atoms with Gasteiger partial charge in [0.2, 0.25) is 0 Å². The molecule has 3 heteroatoms. The van der Waals surface area contributed by atoms with Crippen molar-refractivity contribution in [2.24, 2.45) is 5.73 Å². The van der Waals surface area contributed by atoms with E-state index in [1.165, 1.54) is 0 Å². The van der Waals surface area contributed by atoms with E-state index in [-0.39, 0.29) is 5.78 Å². The Hall–Kier alpha value is -2.42. The van der Waals surface area contributed by atoms with Crippen LogP contribution in [0, 0.1) is 0 Å². The Kier molecular flexibility index (Phi) is 3.24. The van der Waals surface area contributed by atoms with E-state index < -0.39 is 0 Å². The number of hydrogen-bond acceptors (Lipinski definition) is 2. The predicted molar refractivity (Wildman–Crippen MR) is 73.2 cm³/mol. The molecule has 90 valence electrons. The lowest BCUT2D eigenvalue weighted by molar-refractivity contribution is -0.378. The molecular formula is C15H15N2O+. The van der Waals surface area contributed by atoms with Gasteiger partial charge >= 0.3 is 0 Å². The topological polar surface area (TPSA) is 57.1 Å². The third-order valence-electron chi connectivity index (χ3n) is 2.83. The first-order valence-corrected chi connectivity index (χ1v) is 5.67. The minimum absolute atomic E-state index is 0.137. The molecular weight excluding hydrogens is 224 g/mol. The summed E-state index contributed by atoms with van der Waals surface area (Å²) in [6.45, 7) is 5.20. The molecule has 2 aromatic rings. The normalized spacial score (nSPS) is 12.1. The van der Waals surface area contributed by atoms with Crippen molar-refractivity contribution in [3.05, 3.63) is 59.4 Å². The van der Waals surface area contributed by atoms with Crippen molar-refractivity contribution in [3.8, 4) is 0 Å². The maximum atomic E-state index is 12.4. The molecule has 0 heterocycles. The van der Waals surface area contributed by atoms with Crippen LogP contribution in [0.25, 0.3) is 10.8 Å². The van der Waals surface area contributed by atoms with Crippen LogP contribution in [0.2, 0.25) is 0 Å². The number of nitrogens with one attached hydrogen (secondary N) is 1. The van der Waals surface area contributed by atoms with Crippen LogP contribution < -0.4 is 10.7 Å². The molecule has 0 bridgehead atoms. The van der Waals surface area contributed by atoms with Crippen molar-refractivity contribution < 1.29 is 9.79 Å². The van der Waals surface area contributed by atoms with Crippen molar-refractivity contribution in [2.45, 2.75) is 6.92 Å². The number of nitrogens with two attached hydrogens (primary N) is 1. The number of hydrogen-bond donors (Lipinski definition) is 2. The second-order valence-electron chi connectivity index (χ2n) is 4.09. The first-order chi connectivity index (χ1) is 8.65. The van der Waals surface area contributed by atoms with Crippen LogP contribution in [0.15, 0.2) is 53.9 Å². The Labute approximate surface area is 106 Å². The molecule has 0 aromatic heterocycles. The van der Waals surface area contributed by atoms with Gasteiger partial charge in [-0.2, -0.15) is 0 Å². The van der Waals surface area contributed by atoms with Gasteiger partial charge in [-0.15, -0.1) is 0 Å². The van der Waals surface area contributed by atoms with Gasteiger partial charge in [0.05, 0.1) is 5.70 Å². The van der Waals surface area contributed by atoms with Gasteiger partial charge in [0.15, 0.2) is 0 Å². The number of carbonyl (C=O) groups is 1. The average Bonchev–Trinajstić information content (AvgIpc) is 2.38. The molecule has 0 aliphatic rings. The zero-order valence-corrected chi connectivity index (χ0v) is 10.2. The highest BCUT2D eigenvalue weighted by atomic mass is 16.1. The molecule has 0 fully saturated rings. The van der Waals surface area contributed by atoms with E-state index in [4.69, 9.17) is 5.73 Å². The van der Waals surface area contributed by atoms with E-state index in [9.17, 15) is 4.79 Å². The molecule has 3 N–H and O–H groups in total. The minimum atomic E-state index is -0.137. The maximum Gasteiger partial charge on any atom is 0.270 e. The van der Waals surface area contributed by atoms with Crippen LogP contribution in [-0.2, 0) is 0 Å². The Balaban J connectivity index is 2.65. The molecule has 2 rings (SSSR count). The fraction of sp³-hybridized carbons (Fsp3) is 0.0667. The summed E-state index contributed by atoms with van der Waals surface area (Å²) in [6, 6.07) is 13.4. The molecule has 3 nitrogen and oxygen atoms in total. The van der Waals surface area contributed by atoms with Gasteiger partial charge in [-0.3, -0.25) is 4.79 Å². The summed E-state index contributed by atoms with van der Waals surface area (Å²) >= 11 is 0. The molecule has 0 saturated heterocycles. The monoisotopic (exact) mass is 239 g/mol. The molecule has 0 aliphatic heterocycles. The fourth-order valence-corrected chi connectivity index (χ4v) is 1.96. The quantitative estimate of drug-likeness (QED) is 0.477. The van der Waals surface area contributed by atoms with E-state index in [1.807, 2.05) is 36.4 Å². The first-order valence-electron chi connectivity index (χ1n) is 5.67. The molecule has 18 heavy (non-hydrogen) atoms. The van der Waals surface area contributed by atoms with Crippen LogP contribution >= 0.6 is 0 Å². The van der Waals surface area contributed by atoms with Gasteiger partial charge in [0.1, 0.15) is 6.72 Å². The molecule has 0 unspecified atom stereocenters. The number of carbonyl (C=O) groups excluding carboxylic acids is 1. The number of allylic oxidation sites excluding steroid dienone is 2. The maximum absolute atomic E-state index is 12.4. The van der Waals surface area contributed by atoms with E-state index in [0.29, 0.717) is 17.0 Å². The van der Waals surface area contributed by atoms with Crippen molar-refractivity contribution in [1.29, 1.82) is 0 Å². The molecule has 0 saturated carbocycles. The standard InChI is InChI=1S/C15H14N2O/c1-10(16)14(17-2)15(18)13-9-5-7-11-6-3-4-8-12(11)13/h3-9H,2,16H2,1H3/p+1/b14-10-. The summed E-state index contributed by atoms with van der Waals surface area (Å²) in [4.78, 5) is 15.0. The summed E-state index contributed by atoms with van der Waals surface area (Å²) in [5.74, 6) is -0.137. The largest absolute Gasteiger partial charge is 0.397 e. The van der Waals surface area contributed by atoms with E-state index in [0.717, 1.165) is 10.8 Å². The Morgan fingerprint density at radius 2 is 1.83 bits per heavy atom. The van der Waals surface area contributed by atoms with Gasteiger partial charge in [-0.25, -0.2) is 4.99 Å². The van der Waals surface area contributed by atoms with Gasteiger partial charge in [0.25, 0.3) is 11.5 Å². The van der Waals surface area contributed by atoms with Crippen LogP contribution in [0.3, 0.4) is 0 Å². The van der Waals surface area contributed by atoms with Gasteiger partial charge < -0.3 is 5.73 Å². The second-order valence-corrected chi connectivity index (χ2v) is 4.09. The van der Waals surface area contributed by atoms with Crippen molar-refractivity contribution in [3.63, 3.8) is 0 Å². The van der Waals surface area contributed by atoms with E-state index in [1.54, 1.807) is 13.0 Å². The van der Waals surface area contributed by atoms with Crippen LogP contribution in [0.5, 0.6) is 0 Å². The molecule has 0 spiro atoms. The summed E-state index contributed by atoms with van der Waals surface area (Å²) in [5, 5.41) is 1.94. The third kappa shape index (κ3) is 2.02. The zero-order valence-electron chi connectivity index (χ0n) is 10.2. The molecule has 2 aromatic carbocycles. The number of Topliss-reactive ketones (excluding diaryl/α,β-unsaturated/α-hetero) is 1. The molecule has 0 atom stereocenters. The van der Waals surface area contributed by atoms with Gasteiger partial charge in [0, 0.05) is 5.56 Å². The Morgan fingerprint density at radius 3 is 2.50 bits per heavy atom. The highest BCUT2D eigenvalue weighted by Gasteiger charge is 2.20. The predicted octanol–water partition coefficient (Wildman–Crippen LogP) is 0.994. The van der Waals surface area contributed by atoms with Crippen molar-refractivity contribution >= 4 is 23.3 Å². The van der Waals surface area contributed by atoms with E-state index in [2.05, 4.69) is 11.7 Å². The van der Waals surface area contributed by atoms with Crippen LogP contribution in [0.1, 0.15) is 17.3 Å². The Morgan fingerprint density at radius 1 is 1.17 bits per heavy atom. The fourth-order valence-electron chi connectivity index (χ4n) is 1.96. The van der Waals surface area contributed by atoms with E-state index >= 15 is 0 Å².